The van der Waals surface area contributed by atoms with Gasteiger partial charge in [-0.05, 0) is 49.1 Å². The number of unbranched alkanes of at least 4 members (excludes halogenated alkanes) is 1. The number of rotatable bonds is 6. The molecule has 4 nitrogen and oxygen atoms in total. The maximum absolute atomic E-state index is 12.9. The van der Waals surface area contributed by atoms with Crippen LogP contribution >= 0.6 is 0 Å². The van der Waals surface area contributed by atoms with Crippen molar-refractivity contribution in [1.29, 1.82) is 0 Å². The predicted octanol–water partition coefficient (Wildman–Crippen LogP) is 3.85. The molecule has 140 valence electrons. The first kappa shape index (κ1) is 18.9. The van der Waals surface area contributed by atoms with Crippen molar-refractivity contribution in [2.75, 3.05) is 31.1 Å². The van der Waals surface area contributed by atoms with E-state index in [-0.39, 0.29) is 0 Å². The molecule has 0 atom stereocenters. The topological polar surface area (TPSA) is 40.6 Å². The van der Waals surface area contributed by atoms with Crippen LogP contribution in [0.15, 0.2) is 53.4 Å². The molecule has 0 spiro atoms. The Hall–Kier alpha value is -1.85. The van der Waals surface area contributed by atoms with Gasteiger partial charge in [-0.15, -0.1) is 0 Å². The fraction of sp³-hybridized carbons (Fsp3) is 0.429. The van der Waals surface area contributed by atoms with E-state index >= 15 is 0 Å². The standard InChI is InChI=1S/C21H28N2O2S/c1-3-4-8-19-10-12-20(13-11-19)26(24,25)23-16-14-22(15-17-23)21-9-6-5-7-18(21)2/h5-7,9-13H,3-4,8,14-17H2,1-2H3. The number of piperazine rings is 1. The van der Waals surface area contributed by atoms with E-state index in [4.69, 9.17) is 0 Å². The molecule has 1 saturated heterocycles. The molecule has 0 bridgehead atoms. The van der Waals surface area contributed by atoms with E-state index in [2.05, 4.69) is 30.9 Å². The number of hydrogen-bond acceptors (Lipinski definition) is 3. The molecule has 0 amide bonds. The number of sulfonamides is 1. The Labute approximate surface area is 157 Å². The molecule has 1 aliphatic rings. The highest BCUT2D eigenvalue weighted by molar-refractivity contribution is 7.89. The van der Waals surface area contributed by atoms with Gasteiger partial charge in [0.1, 0.15) is 0 Å². The van der Waals surface area contributed by atoms with Crippen LogP contribution in [0.3, 0.4) is 0 Å². The molecule has 2 aromatic carbocycles. The Morgan fingerprint density at radius 2 is 1.58 bits per heavy atom. The summed E-state index contributed by atoms with van der Waals surface area (Å²) in [5.74, 6) is 0. The molecule has 0 saturated carbocycles. The van der Waals surface area contributed by atoms with Gasteiger partial charge in [0.2, 0.25) is 10.0 Å². The summed E-state index contributed by atoms with van der Waals surface area (Å²) in [6.45, 7) is 6.74. The highest BCUT2D eigenvalue weighted by Gasteiger charge is 2.28. The Kier molecular flexibility index (Phi) is 5.99. The fourth-order valence-electron chi connectivity index (χ4n) is 3.45. The second kappa shape index (κ2) is 8.23. The second-order valence-corrected chi connectivity index (χ2v) is 8.86. The van der Waals surface area contributed by atoms with Crippen molar-refractivity contribution in [3.63, 3.8) is 0 Å². The molecule has 1 fully saturated rings. The van der Waals surface area contributed by atoms with E-state index in [1.54, 1.807) is 16.4 Å². The SMILES string of the molecule is CCCCc1ccc(S(=O)(=O)N2CCN(c3ccccc3C)CC2)cc1. The molecular formula is C21H28N2O2S. The summed E-state index contributed by atoms with van der Waals surface area (Å²) in [6, 6.07) is 15.7. The average molecular weight is 373 g/mol. The fourth-order valence-corrected chi connectivity index (χ4v) is 4.87. The van der Waals surface area contributed by atoms with Crippen LogP contribution in [0.4, 0.5) is 5.69 Å². The number of benzene rings is 2. The monoisotopic (exact) mass is 372 g/mol. The molecule has 3 rings (SSSR count). The third kappa shape index (κ3) is 4.10. The first-order valence-electron chi connectivity index (χ1n) is 9.42. The minimum Gasteiger partial charge on any atom is -0.369 e. The average Bonchev–Trinajstić information content (AvgIpc) is 2.67. The molecule has 2 aromatic rings. The van der Waals surface area contributed by atoms with Crippen LogP contribution in [0.25, 0.3) is 0 Å². The lowest BCUT2D eigenvalue weighted by atomic mass is 10.1. The zero-order valence-electron chi connectivity index (χ0n) is 15.7. The molecule has 5 heteroatoms. The number of para-hydroxylation sites is 1. The van der Waals surface area contributed by atoms with E-state index in [0.29, 0.717) is 18.0 Å². The molecular weight excluding hydrogens is 344 g/mol. The minimum atomic E-state index is -3.41. The van der Waals surface area contributed by atoms with Crippen LogP contribution in [-0.2, 0) is 16.4 Å². The first-order valence-corrected chi connectivity index (χ1v) is 10.9. The van der Waals surface area contributed by atoms with Gasteiger partial charge in [-0.25, -0.2) is 8.42 Å². The number of hydrogen-bond donors (Lipinski definition) is 0. The van der Waals surface area contributed by atoms with Crippen LogP contribution in [0.1, 0.15) is 30.9 Å². The predicted molar refractivity (Wildman–Crippen MR) is 107 cm³/mol. The van der Waals surface area contributed by atoms with Gasteiger partial charge in [-0.3, -0.25) is 0 Å². The van der Waals surface area contributed by atoms with Crippen LogP contribution in [0, 0.1) is 6.92 Å². The van der Waals surface area contributed by atoms with Crippen LogP contribution in [0.5, 0.6) is 0 Å². The summed E-state index contributed by atoms with van der Waals surface area (Å²) in [5.41, 5.74) is 3.63. The van der Waals surface area contributed by atoms with Crippen LogP contribution < -0.4 is 4.90 Å². The highest BCUT2D eigenvalue weighted by atomic mass is 32.2. The number of nitrogens with zero attached hydrogens (tertiary/aromatic N) is 2. The molecule has 0 N–H and O–H groups in total. The maximum Gasteiger partial charge on any atom is 0.243 e. The third-order valence-electron chi connectivity index (χ3n) is 5.07. The van der Waals surface area contributed by atoms with Gasteiger partial charge in [-0.1, -0.05) is 43.7 Å². The van der Waals surface area contributed by atoms with Crippen LogP contribution in [-0.4, -0.2) is 38.9 Å². The van der Waals surface area contributed by atoms with E-state index in [0.717, 1.165) is 32.4 Å². The lowest BCUT2D eigenvalue weighted by Gasteiger charge is -2.36. The second-order valence-electron chi connectivity index (χ2n) is 6.93. The van der Waals surface area contributed by atoms with Crippen molar-refractivity contribution in [2.24, 2.45) is 0 Å². The normalized spacial score (nSPS) is 16.0. The van der Waals surface area contributed by atoms with Crippen molar-refractivity contribution in [3.8, 4) is 0 Å². The van der Waals surface area contributed by atoms with E-state index in [9.17, 15) is 8.42 Å². The van der Waals surface area contributed by atoms with Crippen molar-refractivity contribution in [3.05, 3.63) is 59.7 Å². The number of anilines is 1. The lowest BCUT2D eigenvalue weighted by molar-refractivity contribution is 0.384. The Bertz CT molecular complexity index is 823. The summed E-state index contributed by atoms with van der Waals surface area (Å²) in [4.78, 5) is 2.68. The molecule has 26 heavy (non-hydrogen) atoms. The summed E-state index contributed by atoms with van der Waals surface area (Å²) in [7, 11) is -3.41. The van der Waals surface area contributed by atoms with E-state index < -0.39 is 10.0 Å². The zero-order valence-corrected chi connectivity index (χ0v) is 16.5. The van der Waals surface area contributed by atoms with Crippen LogP contribution in [0.2, 0.25) is 0 Å². The summed E-state index contributed by atoms with van der Waals surface area (Å²) < 4.78 is 27.5. The summed E-state index contributed by atoms with van der Waals surface area (Å²) in [6.07, 6.45) is 3.28. The molecule has 0 aliphatic carbocycles. The molecule has 0 radical (unpaired) electrons. The Morgan fingerprint density at radius 1 is 0.923 bits per heavy atom. The first-order chi connectivity index (χ1) is 12.5. The van der Waals surface area contributed by atoms with E-state index in [1.807, 2.05) is 24.3 Å². The Morgan fingerprint density at radius 3 is 2.19 bits per heavy atom. The van der Waals surface area contributed by atoms with Gasteiger partial charge in [-0.2, -0.15) is 4.31 Å². The summed E-state index contributed by atoms with van der Waals surface area (Å²) in [5, 5.41) is 0. The molecule has 0 unspecified atom stereocenters. The van der Waals surface area contributed by atoms with Gasteiger partial charge in [0.05, 0.1) is 4.90 Å². The van der Waals surface area contributed by atoms with Gasteiger partial charge >= 0.3 is 0 Å². The largest absolute Gasteiger partial charge is 0.369 e. The van der Waals surface area contributed by atoms with Gasteiger partial charge in [0.15, 0.2) is 0 Å². The quantitative estimate of drug-likeness (QED) is 0.773. The van der Waals surface area contributed by atoms with Gasteiger partial charge < -0.3 is 4.90 Å². The number of aryl methyl sites for hydroxylation is 2. The maximum atomic E-state index is 12.9. The molecule has 1 heterocycles. The zero-order chi connectivity index (χ0) is 18.6. The Balaban J connectivity index is 1.67. The van der Waals surface area contributed by atoms with Crippen molar-refractivity contribution >= 4 is 15.7 Å². The van der Waals surface area contributed by atoms with E-state index in [1.165, 1.54) is 16.8 Å². The minimum absolute atomic E-state index is 0.405. The third-order valence-corrected chi connectivity index (χ3v) is 6.99. The smallest absolute Gasteiger partial charge is 0.243 e. The van der Waals surface area contributed by atoms with Gasteiger partial charge in [0.25, 0.3) is 0 Å². The van der Waals surface area contributed by atoms with Crippen molar-refractivity contribution < 1.29 is 8.42 Å². The molecule has 1 aliphatic heterocycles. The lowest BCUT2D eigenvalue weighted by Crippen LogP contribution is -2.48. The van der Waals surface area contributed by atoms with Crippen molar-refractivity contribution in [1.82, 2.24) is 4.31 Å². The molecule has 0 aromatic heterocycles. The van der Waals surface area contributed by atoms with Gasteiger partial charge in [0, 0.05) is 31.9 Å². The highest BCUT2D eigenvalue weighted by Crippen LogP contribution is 2.24. The summed E-state index contributed by atoms with van der Waals surface area (Å²) >= 11 is 0. The van der Waals surface area contributed by atoms with Crippen molar-refractivity contribution in [2.45, 2.75) is 38.0 Å².